The van der Waals surface area contributed by atoms with E-state index < -0.39 is 0 Å². The summed E-state index contributed by atoms with van der Waals surface area (Å²) in [6.07, 6.45) is 1.87. The molecule has 1 heterocycles. The lowest BCUT2D eigenvalue weighted by atomic mass is 10.2. The number of nitrogens with two attached hydrogens (primary N) is 1. The Morgan fingerprint density at radius 2 is 2.00 bits per heavy atom. The molecule has 6 heteroatoms. The number of nitrogens with zero attached hydrogens (tertiary/aromatic N) is 2. The molecule has 4 nitrogen and oxygen atoms in total. The zero-order valence-corrected chi connectivity index (χ0v) is 14.2. The van der Waals surface area contributed by atoms with Gasteiger partial charge in [-0.05, 0) is 27.6 Å². The molecule has 0 aliphatic rings. The Morgan fingerprint density at radius 1 is 1.33 bits per heavy atom. The molecular weight excluding hydrogens is 354 g/mol. The topological polar surface area (TPSA) is 51.3 Å². The van der Waals surface area contributed by atoms with Gasteiger partial charge in [0.2, 0.25) is 0 Å². The zero-order chi connectivity index (χ0) is 14.5. The number of hydrogen-bond acceptors (Lipinski definition) is 2. The van der Waals surface area contributed by atoms with Gasteiger partial charge in [0, 0.05) is 37.4 Å². The molecule has 0 spiro atoms. The third kappa shape index (κ3) is 4.59. The Kier molecular flexibility index (Phi) is 6.95. The molecule has 0 aliphatic carbocycles. The van der Waals surface area contributed by atoms with Gasteiger partial charge in [-0.3, -0.25) is 4.79 Å². The first kappa shape index (κ1) is 17.8. The first-order valence-electron chi connectivity index (χ1n) is 6.47. The Balaban J connectivity index is 0.00000220. The molecular formula is C15H19BrClN3O. The van der Waals surface area contributed by atoms with Crippen LogP contribution in [0.1, 0.15) is 16.1 Å². The Labute approximate surface area is 139 Å². The van der Waals surface area contributed by atoms with Crippen molar-refractivity contribution < 1.29 is 4.79 Å². The average Bonchev–Trinajstić information content (AvgIpc) is 2.77. The van der Waals surface area contributed by atoms with Crippen molar-refractivity contribution >= 4 is 34.2 Å². The maximum absolute atomic E-state index is 12.6. The monoisotopic (exact) mass is 371 g/mol. The molecule has 0 bridgehead atoms. The highest BCUT2D eigenvalue weighted by Gasteiger charge is 2.18. The summed E-state index contributed by atoms with van der Waals surface area (Å²) in [7, 11) is 1.86. The van der Waals surface area contributed by atoms with Crippen molar-refractivity contribution in [3.8, 4) is 0 Å². The van der Waals surface area contributed by atoms with Crippen LogP contribution in [0.5, 0.6) is 0 Å². The molecule has 1 aromatic carbocycles. The van der Waals surface area contributed by atoms with Gasteiger partial charge in [0.05, 0.1) is 0 Å². The van der Waals surface area contributed by atoms with E-state index in [1.165, 1.54) is 0 Å². The lowest BCUT2D eigenvalue weighted by Crippen LogP contribution is -2.35. The molecule has 0 radical (unpaired) electrons. The number of carbonyl (C=O) groups is 1. The van der Waals surface area contributed by atoms with Crippen LogP contribution in [0.4, 0.5) is 0 Å². The Morgan fingerprint density at radius 3 is 2.52 bits per heavy atom. The molecule has 0 fully saturated rings. The van der Waals surface area contributed by atoms with E-state index in [1.54, 1.807) is 4.90 Å². The number of hydrogen-bond donors (Lipinski definition) is 1. The van der Waals surface area contributed by atoms with Gasteiger partial charge < -0.3 is 15.2 Å². The molecule has 0 aliphatic heterocycles. The van der Waals surface area contributed by atoms with Crippen molar-refractivity contribution in [2.24, 2.45) is 12.8 Å². The minimum absolute atomic E-state index is 0. The maximum Gasteiger partial charge on any atom is 0.270 e. The molecule has 1 aromatic heterocycles. The lowest BCUT2D eigenvalue weighted by Gasteiger charge is -2.22. The quantitative estimate of drug-likeness (QED) is 0.877. The van der Waals surface area contributed by atoms with E-state index in [4.69, 9.17) is 5.73 Å². The van der Waals surface area contributed by atoms with E-state index in [0.29, 0.717) is 25.3 Å². The third-order valence-electron chi connectivity index (χ3n) is 3.09. The van der Waals surface area contributed by atoms with Crippen LogP contribution >= 0.6 is 28.3 Å². The van der Waals surface area contributed by atoms with Crippen LogP contribution in [0.25, 0.3) is 0 Å². The van der Waals surface area contributed by atoms with E-state index in [1.807, 2.05) is 54.2 Å². The fraction of sp³-hybridized carbons (Fsp3) is 0.267. The number of benzene rings is 1. The highest BCUT2D eigenvalue weighted by atomic mass is 79.9. The molecule has 0 atom stereocenters. The lowest BCUT2D eigenvalue weighted by molar-refractivity contribution is 0.0738. The number of aromatic nitrogens is 1. The van der Waals surface area contributed by atoms with E-state index in [0.717, 1.165) is 10.0 Å². The third-order valence-corrected chi connectivity index (χ3v) is 3.53. The summed E-state index contributed by atoms with van der Waals surface area (Å²) in [6.45, 7) is 1.56. The van der Waals surface area contributed by atoms with Gasteiger partial charge in [-0.1, -0.05) is 30.3 Å². The van der Waals surface area contributed by atoms with Gasteiger partial charge in [-0.25, -0.2) is 0 Å². The van der Waals surface area contributed by atoms with Gasteiger partial charge in [-0.15, -0.1) is 12.4 Å². The van der Waals surface area contributed by atoms with Gasteiger partial charge in [0.25, 0.3) is 5.91 Å². The Bertz CT molecular complexity index is 586. The van der Waals surface area contributed by atoms with Crippen molar-refractivity contribution in [1.29, 1.82) is 0 Å². The molecule has 0 saturated heterocycles. The minimum Gasteiger partial charge on any atom is -0.345 e. The number of amides is 1. The fourth-order valence-corrected chi connectivity index (χ4v) is 2.63. The number of halogens is 2. The number of rotatable bonds is 5. The smallest absolute Gasteiger partial charge is 0.270 e. The van der Waals surface area contributed by atoms with Crippen molar-refractivity contribution in [3.05, 3.63) is 58.3 Å². The first-order valence-corrected chi connectivity index (χ1v) is 7.26. The highest BCUT2D eigenvalue weighted by Crippen LogP contribution is 2.16. The summed E-state index contributed by atoms with van der Waals surface area (Å²) in [5.74, 6) is -0.00694. The molecule has 114 valence electrons. The summed E-state index contributed by atoms with van der Waals surface area (Å²) in [4.78, 5) is 14.4. The first-order chi connectivity index (χ1) is 9.61. The molecule has 2 aromatic rings. The van der Waals surface area contributed by atoms with Crippen molar-refractivity contribution in [2.75, 3.05) is 13.1 Å². The molecule has 2 N–H and O–H groups in total. The molecule has 1 amide bonds. The summed E-state index contributed by atoms with van der Waals surface area (Å²) < 4.78 is 2.72. The largest absolute Gasteiger partial charge is 0.345 e. The normalized spacial score (nSPS) is 10.0. The second-order valence-corrected chi connectivity index (χ2v) is 5.57. The van der Waals surface area contributed by atoms with E-state index in [-0.39, 0.29) is 18.3 Å². The fourth-order valence-electron chi connectivity index (χ4n) is 2.11. The molecule has 2 rings (SSSR count). The van der Waals surface area contributed by atoms with Crippen LogP contribution in [-0.2, 0) is 13.6 Å². The van der Waals surface area contributed by atoms with Gasteiger partial charge in [0.1, 0.15) is 5.69 Å². The SMILES string of the molecule is Cl.Cn1cc(Br)cc1C(=O)N(CCN)Cc1ccccc1. The summed E-state index contributed by atoms with van der Waals surface area (Å²) in [5.41, 5.74) is 7.39. The second kappa shape index (κ2) is 8.22. The van der Waals surface area contributed by atoms with Gasteiger partial charge >= 0.3 is 0 Å². The van der Waals surface area contributed by atoms with Crippen molar-refractivity contribution in [3.63, 3.8) is 0 Å². The van der Waals surface area contributed by atoms with Crippen LogP contribution < -0.4 is 5.73 Å². The molecule has 0 saturated carbocycles. The van der Waals surface area contributed by atoms with E-state index in [9.17, 15) is 4.79 Å². The molecule has 0 unspecified atom stereocenters. The summed E-state index contributed by atoms with van der Waals surface area (Å²) >= 11 is 3.39. The van der Waals surface area contributed by atoms with Crippen LogP contribution in [0.2, 0.25) is 0 Å². The minimum atomic E-state index is -0.00694. The maximum atomic E-state index is 12.6. The van der Waals surface area contributed by atoms with Gasteiger partial charge in [0.15, 0.2) is 0 Å². The van der Waals surface area contributed by atoms with Crippen LogP contribution in [0, 0.1) is 0 Å². The van der Waals surface area contributed by atoms with Crippen molar-refractivity contribution in [2.45, 2.75) is 6.54 Å². The zero-order valence-electron chi connectivity index (χ0n) is 11.8. The van der Waals surface area contributed by atoms with Crippen LogP contribution in [0.3, 0.4) is 0 Å². The summed E-state index contributed by atoms with van der Waals surface area (Å²) in [5, 5.41) is 0. The summed E-state index contributed by atoms with van der Waals surface area (Å²) in [6, 6.07) is 11.8. The predicted molar refractivity (Wildman–Crippen MR) is 90.6 cm³/mol. The van der Waals surface area contributed by atoms with E-state index >= 15 is 0 Å². The van der Waals surface area contributed by atoms with Crippen LogP contribution in [-0.4, -0.2) is 28.5 Å². The van der Waals surface area contributed by atoms with E-state index in [2.05, 4.69) is 15.9 Å². The van der Waals surface area contributed by atoms with Crippen LogP contribution in [0.15, 0.2) is 47.1 Å². The van der Waals surface area contributed by atoms with Gasteiger partial charge in [-0.2, -0.15) is 0 Å². The number of aryl methyl sites for hydroxylation is 1. The Hall–Kier alpha value is -1.30. The number of carbonyl (C=O) groups excluding carboxylic acids is 1. The molecule has 21 heavy (non-hydrogen) atoms. The highest BCUT2D eigenvalue weighted by molar-refractivity contribution is 9.10. The van der Waals surface area contributed by atoms with Crippen molar-refractivity contribution in [1.82, 2.24) is 9.47 Å². The predicted octanol–water partition coefficient (Wildman–Crippen LogP) is 2.81. The standard InChI is InChI=1S/C15H18BrN3O.ClH/c1-18-11-13(16)9-14(18)15(20)19(8-7-17)10-12-5-3-2-4-6-12;/h2-6,9,11H,7-8,10,17H2,1H3;1H. The average molecular weight is 373 g/mol. The second-order valence-electron chi connectivity index (χ2n) is 4.66.